The summed E-state index contributed by atoms with van der Waals surface area (Å²) in [5.41, 5.74) is 4.26. The van der Waals surface area contributed by atoms with E-state index in [2.05, 4.69) is 6.92 Å². The quantitative estimate of drug-likeness (QED) is 0.740. The minimum atomic E-state index is -0.426. The lowest BCUT2D eigenvalue weighted by Crippen LogP contribution is -1.99. The van der Waals surface area contributed by atoms with E-state index in [0.29, 0.717) is 24.0 Å². The first kappa shape index (κ1) is 15.2. The summed E-state index contributed by atoms with van der Waals surface area (Å²) >= 11 is 0. The second-order valence-electron chi connectivity index (χ2n) is 5.10. The van der Waals surface area contributed by atoms with E-state index in [-0.39, 0.29) is 11.5 Å². The van der Waals surface area contributed by atoms with E-state index in [0.717, 1.165) is 23.1 Å². The Labute approximate surface area is 125 Å². The smallest absolute Gasteiger partial charge is 0.201 e. The molecular formula is C18H22O3. The van der Waals surface area contributed by atoms with Crippen molar-refractivity contribution in [1.29, 1.82) is 0 Å². The minimum absolute atomic E-state index is 0.204. The predicted molar refractivity (Wildman–Crippen MR) is 85.0 cm³/mol. The van der Waals surface area contributed by atoms with Crippen molar-refractivity contribution in [2.45, 2.75) is 40.0 Å². The highest BCUT2D eigenvalue weighted by molar-refractivity contribution is 5.82. The number of phenols is 3. The maximum absolute atomic E-state index is 10.4. The highest BCUT2D eigenvalue weighted by Gasteiger charge is 2.23. The number of aromatic hydroxyl groups is 3. The number of benzene rings is 2. The molecule has 0 spiro atoms. The van der Waals surface area contributed by atoms with Gasteiger partial charge in [-0.3, -0.25) is 0 Å². The molecule has 2 aromatic carbocycles. The molecule has 0 atom stereocenters. The standard InChI is InChI=1S/C18H22O3/c1-4-11-9-7-8-10-14(11)15-12(5-2)13(6-3)16(19)18(21)17(15)20/h7-10,19-21H,4-6H2,1-3H3. The van der Waals surface area contributed by atoms with E-state index in [4.69, 9.17) is 0 Å². The Bertz CT molecular complexity index is 660. The van der Waals surface area contributed by atoms with Crippen LogP contribution in [0.4, 0.5) is 0 Å². The van der Waals surface area contributed by atoms with E-state index in [1.54, 1.807) is 0 Å². The Morgan fingerprint density at radius 2 is 1.33 bits per heavy atom. The van der Waals surface area contributed by atoms with Gasteiger partial charge in [-0.2, -0.15) is 0 Å². The number of hydrogen-bond donors (Lipinski definition) is 3. The van der Waals surface area contributed by atoms with Crippen LogP contribution < -0.4 is 0 Å². The van der Waals surface area contributed by atoms with Crippen LogP contribution in [0, 0.1) is 0 Å². The molecule has 0 aliphatic rings. The second kappa shape index (κ2) is 6.08. The van der Waals surface area contributed by atoms with Crippen molar-refractivity contribution in [1.82, 2.24) is 0 Å². The fourth-order valence-corrected chi connectivity index (χ4v) is 2.94. The number of rotatable bonds is 4. The van der Waals surface area contributed by atoms with Crippen LogP contribution in [-0.2, 0) is 19.3 Å². The summed E-state index contributed by atoms with van der Waals surface area (Å²) < 4.78 is 0. The largest absolute Gasteiger partial charge is 0.504 e. The van der Waals surface area contributed by atoms with Crippen molar-refractivity contribution in [2.75, 3.05) is 0 Å². The first-order valence-electron chi connectivity index (χ1n) is 7.43. The summed E-state index contributed by atoms with van der Waals surface area (Å²) in [6, 6.07) is 7.85. The lowest BCUT2D eigenvalue weighted by atomic mass is 9.88. The molecule has 21 heavy (non-hydrogen) atoms. The summed E-state index contributed by atoms with van der Waals surface area (Å²) in [6.45, 7) is 5.98. The third-order valence-corrected chi connectivity index (χ3v) is 4.01. The van der Waals surface area contributed by atoms with Crippen molar-refractivity contribution in [3.05, 3.63) is 41.0 Å². The van der Waals surface area contributed by atoms with Crippen molar-refractivity contribution >= 4 is 0 Å². The van der Waals surface area contributed by atoms with Gasteiger partial charge in [0, 0.05) is 11.1 Å². The van der Waals surface area contributed by atoms with Crippen LogP contribution in [0.5, 0.6) is 17.2 Å². The van der Waals surface area contributed by atoms with Crippen LogP contribution in [0.1, 0.15) is 37.5 Å². The molecule has 0 aliphatic carbocycles. The van der Waals surface area contributed by atoms with Crippen LogP contribution >= 0.6 is 0 Å². The van der Waals surface area contributed by atoms with Crippen LogP contribution in [0.25, 0.3) is 11.1 Å². The molecule has 0 aliphatic heterocycles. The van der Waals surface area contributed by atoms with E-state index < -0.39 is 5.75 Å². The molecular weight excluding hydrogens is 264 g/mol. The van der Waals surface area contributed by atoms with Gasteiger partial charge in [0.05, 0.1) is 0 Å². The third-order valence-electron chi connectivity index (χ3n) is 4.01. The Hall–Kier alpha value is -2.16. The summed E-state index contributed by atoms with van der Waals surface area (Å²) in [5, 5.41) is 30.5. The van der Waals surface area contributed by atoms with Crippen molar-refractivity contribution < 1.29 is 15.3 Å². The fraction of sp³-hybridized carbons (Fsp3) is 0.333. The van der Waals surface area contributed by atoms with E-state index in [1.807, 2.05) is 38.1 Å². The van der Waals surface area contributed by atoms with Gasteiger partial charge < -0.3 is 15.3 Å². The Kier molecular flexibility index (Phi) is 4.41. The summed E-state index contributed by atoms with van der Waals surface area (Å²) in [5.74, 6) is -0.864. The van der Waals surface area contributed by atoms with Crippen molar-refractivity contribution in [3.63, 3.8) is 0 Å². The Morgan fingerprint density at radius 3 is 1.90 bits per heavy atom. The van der Waals surface area contributed by atoms with Gasteiger partial charge >= 0.3 is 0 Å². The monoisotopic (exact) mass is 286 g/mol. The first-order valence-corrected chi connectivity index (χ1v) is 7.43. The van der Waals surface area contributed by atoms with Gasteiger partial charge in [0.2, 0.25) is 5.75 Å². The second-order valence-corrected chi connectivity index (χ2v) is 5.10. The fourth-order valence-electron chi connectivity index (χ4n) is 2.94. The SMILES string of the molecule is CCc1ccccc1-c1c(O)c(O)c(O)c(CC)c1CC. The van der Waals surface area contributed by atoms with E-state index >= 15 is 0 Å². The number of hydrogen-bond acceptors (Lipinski definition) is 3. The van der Waals surface area contributed by atoms with Gasteiger partial charge in [-0.25, -0.2) is 0 Å². The van der Waals surface area contributed by atoms with Crippen LogP contribution in [0.2, 0.25) is 0 Å². The topological polar surface area (TPSA) is 60.7 Å². The van der Waals surface area contributed by atoms with Gasteiger partial charge in [-0.1, -0.05) is 45.0 Å². The average molecular weight is 286 g/mol. The zero-order chi connectivity index (χ0) is 15.6. The molecule has 0 saturated carbocycles. The molecule has 0 fully saturated rings. The molecule has 0 unspecified atom stereocenters. The first-order chi connectivity index (χ1) is 10.1. The highest BCUT2D eigenvalue weighted by atomic mass is 16.3. The molecule has 0 radical (unpaired) electrons. The molecule has 0 bridgehead atoms. The van der Waals surface area contributed by atoms with Gasteiger partial charge in [-0.15, -0.1) is 0 Å². The Morgan fingerprint density at radius 1 is 0.714 bits per heavy atom. The highest BCUT2D eigenvalue weighted by Crippen LogP contribution is 2.48. The maximum Gasteiger partial charge on any atom is 0.201 e. The summed E-state index contributed by atoms with van der Waals surface area (Å²) in [7, 11) is 0. The molecule has 0 aromatic heterocycles. The zero-order valence-corrected chi connectivity index (χ0v) is 12.8. The molecule has 0 saturated heterocycles. The molecule has 0 amide bonds. The average Bonchev–Trinajstić information content (AvgIpc) is 2.52. The lowest BCUT2D eigenvalue weighted by Gasteiger charge is -2.19. The van der Waals surface area contributed by atoms with Gasteiger partial charge in [0.1, 0.15) is 0 Å². The minimum Gasteiger partial charge on any atom is -0.504 e. The summed E-state index contributed by atoms with van der Waals surface area (Å²) in [4.78, 5) is 0. The zero-order valence-electron chi connectivity index (χ0n) is 12.8. The molecule has 112 valence electrons. The molecule has 2 rings (SSSR count). The maximum atomic E-state index is 10.4. The number of phenolic OH excluding ortho intramolecular Hbond substituents is 3. The van der Waals surface area contributed by atoms with Gasteiger partial charge in [0.25, 0.3) is 0 Å². The van der Waals surface area contributed by atoms with E-state index in [9.17, 15) is 15.3 Å². The van der Waals surface area contributed by atoms with E-state index in [1.165, 1.54) is 0 Å². The number of aryl methyl sites for hydroxylation is 1. The molecule has 3 nitrogen and oxygen atoms in total. The molecule has 2 aromatic rings. The summed E-state index contributed by atoms with van der Waals surface area (Å²) in [6.07, 6.45) is 2.12. The van der Waals surface area contributed by atoms with Crippen LogP contribution in [-0.4, -0.2) is 15.3 Å². The van der Waals surface area contributed by atoms with Crippen molar-refractivity contribution in [2.24, 2.45) is 0 Å². The van der Waals surface area contributed by atoms with Gasteiger partial charge in [-0.05, 0) is 36.0 Å². The lowest BCUT2D eigenvalue weighted by molar-refractivity contribution is 0.365. The van der Waals surface area contributed by atoms with Crippen LogP contribution in [0.3, 0.4) is 0 Å². The third kappa shape index (κ3) is 2.44. The van der Waals surface area contributed by atoms with Crippen LogP contribution in [0.15, 0.2) is 24.3 Å². The molecule has 3 heteroatoms. The molecule has 0 heterocycles. The normalized spacial score (nSPS) is 10.8. The Balaban J connectivity index is 2.88. The predicted octanol–water partition coefficient (Wildman–Crippen LogP) is 4.16. The molecule has 3 N–H and O–H groups in total. The van der Waals surface area contributed by atoms with Crippen molar-refractivity contribution in [3.8, 4) is 28.4 Å². The van der Waals surface area contributed by atoms with Gasteiger partial charge in [0.15, 0.2) is 11.5 Å².